The molecule has 9 nitrogen and oxygen atoms in total. The average molecular weight is 558 g/mol. The van der Waals surface area contributed by atoms with Gasteiger partial charge in [0.25, 0.3) is 0 Å². The van der Waals surface area contributed by atoms with Crippen LogP contribution in [0.25, 0.3) is 10.9 Å². The first-order valence-corrected chi connectivity index (χ1v) is 14.7. The summed E-state index contributed by atoms with van der Waals surface area (Å²) in [6.07, 6.45) is 7.99. The maximum absolute atomic E-state index is 6.14. The Balaban J connectivity index is 1.08. The van der Waals surface area contributed by atoms with Gasteiger partial charge in [0.1, 0.15) is 0 Å². The number of para-hydroxylation sites is 1. The second-order valence-electron chi connectivity index (χ2n) is 10.5. The van der Waals surface area contributed by atoms with Gasteiger partial charge < -0.3 is 20.9 Å². The molecule has 1 saturated heterocycles. The summed E-state index contributed by atoms with van der Waals surface area (Å²) in [7, 11) is 0. The lowest BCUT2D eigenvalue weighted by atomic mass is 9.96. The lowest BCUT2D eigenvalue weighted by molar-refractivity contribution is 0.266. The molecule has 0 bridgehead atoms. The number of nitrogens with zero attached hydrogens (tertiary/aromatic N) is 6. The molecule has 2 aliphatic rings. The summed E-state index contributed by atoms with van der Waals surface area (Å²) in [4.78, 5) is 23.6. The summed E-state index contributed by atoms with van der Waals surface area (Å²) in [5, 5.41) is 12.3. The molecular formula is C30H36ClN9. The van der Waals surface area contributed by atoms with Crippen LogP contribution in [0.15, 0.2) is 60.8 Å². The third-order valence-corrected chi connectivity index (χ3v) is 7.93. The number of anilines is 5. The van der Waals surface area contributed by atoms with Crippen molar-refractivity contribution in [1.82, 2.24) is 24.8 Å². The molecule has 0 unspecified atom stereocenters. The fourth-order valence-electron chi connectivity index (χ4n) is 5.50. The summed E-state index contributed by atoms with van der Waals surface area (Å²) in [6.45, 7) is 5.45. The Morgan fingerprint density at radius 3 is 2.48 bits per heavy atom. The molecule has 2 fully saturated rings. The van der Waals surface area contributed by atoms with Gasteiger partial charge in [0.05, 0.1) is 5.52 Å². The van der Waals surface area contributed by atoms with Gasteiger partial charge in [-0.3, -0.25) is 9.88 Å². The summed E-state index contributed by atoms with van der Waals surface area (Å²) in [5.74, 6) is 1.96. The van der Waals surface area contributed by atoms with Gasteiger partial charge >= 0.3 is 0 Å². The van der Waals surface area contributed by atoms with E-state index in [0.29, 0.717) is 23.0 Å². The molecule has 1 aliphatic heterocycles. The van der Waals surface area contributed by atoms with E-state index >= 15 is 0 Å². The summed E-state index contributed by atoms with van der Waals surface area (Å²) < 4.78 is 0. The molecular weight excluding hydrogens is 522 g/mol. The maximum atomic E-state index is 6.14. The highest BCUT2D eigenvalue weighted by atomic mass is 35.5. The molecule has 0 spiro atoms. The third-order valence-electron chi connectivity index (χ3n) is 7.70. The number of rotatable bonds is 9. The Hall–Kier alpha value is -3.69. The molecule has 10 heteroatoms. The van der Waals surface area contributed by atoms with Crippen LogP contribution in [-0.2, 0) is 0 Å². The van der Waals surface area contributed by atoms with E-state index in [2.05, 4.69) is 30.7 Å². The van der Waals surface area contributed by atoms with E-state index in [4.69, 9.17) is 26.6 Å². The standard InChI is InChI=1S/C30H36ClN9/c31-22-11-12-25-26(13-14-32-27(25)21-22)33-15-16-39-17-19-40(20-18-39)30-37-28(34-23-7-3-1-4-8-23)36-29(38-30)35-24-9-5-2-6-10-24/h1,3-4,7-8,11-14,21,24H,2,5-6,9-10,15-20H2,(H,32,33)(H2,34,35,36,37,38). The van der Waals surface area contributed by atoms with Gasteiger partial charge in [0.15, 0.2) is 0 Å². The van der Waals surface area contributed by atoms with Crippen molar-refractivity contribution in [1.29, 1.82) is 0 Å². The number of hydrogen-bond donors (Lipinski definition) is 3. The quantitative estimate of drug-likeness (QED) is 0.236. The minimum Gasteiger partial charge on any atom is -0.383 e. The largest absolute Gasteiger partial charge is 0.383 e. The van der Waals surface area contributed by atoms with Crippen LogP contribution in [0, 0.1) is 0 Å². The smallest absolute Gasteiger partial charge is 0.233 e. The van der Waals surface area contributed by atoms with Gasteiger partial charge in [-0.2, -0.15) is 15.0 Å². The number of nitrogens with one attached hydrogen (secondary N) is 3. The number of hydrogen-bond acceptors (Lipinski definition) is 9. The van der Waals surface area contributed by atoms with Crippen molar-refractivity contribution in [3.05, 3.63) is 65.8 Å². The topological polar surface area (TPSA) is 94.1 Å². The first kappa shape index (κ1) is 26.5. The van der Waals surface area contributed by atoms with Crippen LogP contribution in [0.5, 0.6) is 0 Å². The Kier molecular flexibility index (Phi) is 8.39. The number of piperazine rings is 1. The van der Waals surface area contributed by atoms with E-state index in [0.717, 1.165) is 80.3 Å². The van der Waals surface area contributed by atoms with E-state index in [1.54, 1.807) is 0 Å². The Bertz CT molecular complexity index is 1400. The van der Waals surface area contributed by atoms with E-state index in [9.17, 15) is 0 Å². The first-order valence-electron chi connectivity index (χ1n) is 14.3. The number of pyridine rings is 1. The number of aromatic nitrogens is 4. The van der Waals surface area contributed by atoms with Crippen molar-refractivity contribution < 1.29 is 0 Å². The Morgan fingerprint density at radius 2 is 1.65 bits per heavy atom. The summed E-state index contributed by atoms with van der Waals surface area (Å²) in [6, 6.07) is 18.3. The molecule has 208 valence electrons. The van der Waals surface area contributed by atoms with Crippen molar-refractivity contribution in [2.75, 3.05) is 60.1 Å². The van der Waals surface area contributed by atoms with E-state index in [1.807, 2.05) is 60.8 Å². The number of benzene rings is 2. The molecule has 2 aromatic carbocycles. The zero-order chi connectivity index (χ0) is 27.1. The lowest BCUT2D eigenvalue weighted by Crippen LogP contribution is -2.48. The average Bonchev–Trinajstić information content (AvgIpc) is 2.98. The Labute approximate surface area is 240 Å². The van der Waals surface area contributed by atoms with Crippen molar-refractivity contribution >= 4 is 51.7 Å². The zero-order valence-electron chi connectivity index (χ0n) is 22.7. The monoisotopic (exact) mass is 557 g/mol. The van der Waals surface area contributed by atoms with Crippen LogP contribution in [-0.4, -0.2) is 70.1 Å². The van der Waals surface area contributed by atoms with Crippen LogP contribution >= 0.6 is 11.6 Å². The van der Waals surface area contributed by atoms with Crippen LogP contribution in [0.4, 0.5) is 29.2 Å². The third kappa shape index (κ3) is 6.71. The SMILES string of the molecule is Clc1ccc2c(NCCN3CCN(c4nc(Nc5ccccc5)nc(NC5CCCCC5)n4)CC3)ccnc2c1. The van der Waals surface area contributed by atoms with Crippen molar-refractivity contribution in [2.24, 2.45) is 0 Å². The molecule has 40 heavy (non-hydrogen) atoms. The minimum atomic E-state index is 0.424. The fraction of sp³-hybridized carbons (Fsp3) is 0.400. The molecule has 0 amide bonds. The Morgan fingerprint density at radius 1 is 0.850 bits per heavy atom. The predicted molar refractivity (Wildman–Crippen MR) is 164 cm³/mol. The molecule has 2 aromatic heterocycles. The van der Waals surface area contributed by atoms with E-state index in [1.165, 1.54) is 19.3 Å². The second kappa shape index (κ2) is 12.7. The molecule has 3 N–H and O–H groups in total. The normalized spacial score (nSPS) is 16.7. The van der Waals surface area contributed by atoms with Crippen LogP contribution in [0.1, 0.15) is 32.1 Å². The van der Waals surface area contributed by atoms with Gasteiger partial charge in [0, 0.05) is 73.3 Å². The van der Waals surface area contributed by atoms with Crippen molar-refractivity contribution in [3.63, 3.8) is 0 Å². The molecule has 1 saturated carbocycles. The van der Waals surface area contributed by atoms with Gasteiger partial charge in [-0.25, -0.2) is 0 Å². The van der Waals surface area contributed by atoms with Gasteiger partial charge in [0.2, 0.25) is 17.8 Å². The van der Waals surface area contributed by atoms with Crippen molar-refractivity contribution in [3.8, 4) is 0 Å². The van der Waals surface area contributed by atoms with Gasteiger partial charge in [-0.05, 0) is 49.2 Å². The molecule has 3 heterocycles. The van der Waals surface area contributed by atoms with Crippen LogP contribution < -0.4 is 20.9 Å². The second-order valence-corrected chi connectivity index (χ2v) is 11.0. The van der Waals surface area contributed by atoms with Gasteiger partial charge in [-0.1, -0.05) is 49.1 Å². The fourth-order valence-corrected chi connectivity index (χ4v) is 5.67. The zero-order valence-corrected chi connectivity index (χ0v) is 23.4. The number of fused-ring (bicyclic) bond motifs is 1. The maximum Gasteiger partial charge on any atom is 0.233 e. The van der Waals surface area contributed by atoms with E-state index < -0.39 is 0 Å². The summed E-state index contributed by atoms with van der Waals surface area (Å²) >= 11 is 6.14. The molecule has 0 radical (unpaired) electrons. The van der Waals surface area contributed by atoms with Crippen molar-refractivity contribution in [2.45, 2.75) is 38.1 Å². The van der Waals surface area contributed by atoms with Crippen LogP contribution in [0.3, 0.4) is 0 Å². The van der Waals surface area contributed by atoms with Crippen LogP contribution in [0.2, 0.25) is 5.02 Å². The lowest BCUT2D eigenvalue weighted by Gasteiger charge is -2.35. The highest BCUT2D eigenvalue weighted by Crippen LogP contribution is 2.25. The summed E-state index contributed by atoms with van der Waals surface area (Å²) in [5.41, 5.74) is 2.95. The first-order chi connectivity index (χ1) is 19.7. The predicted octanol–water partition coefficient (Wildman–Crippen LogP) is 5.80. The van der Waals surface area contributed by atoms with E-state index in [-0.39, 0.29) is 0 Å². The molecule has 0 atom stereocenters. The molecule has 6 rings (SSSR count). The molecule has 1 aliphatic carbocycles. The number of halogens is 1. The highest BCUT2D eigenvalue weighted by molar-refractivity contribution is 6.31. The highest BCUT2D eigenvalue weighted by Gasteiger charge is 2.22. The van der Waals surface area contributed by atoms with Gasteiger partial charge in [-0.15, -0.1) is 0 Å². The molecule has 4 aromatic rings. The minimum absolute atomic E-state index is 0.424.